The van der Waals surface area contributed by atoms with Crippen LogP contribution < -0.4 is 10.6 Å². The van der Waals surface area contributed by atoms with E-state index in [0.29, 0.717) is 6.54 Å². The molecule has 4 rings (SSSR count). The van der Waals surface area contributed by atoms with Crippen LogP contribution in [0.1, 0.15) is 29.5 Å². The van der Waals surface area contributed by atoms with Gasteiger partial charge in [0.05, 0.1) is 12.2 Å². The Morgan fingerprint density at radius 2 is 1.71 bits per heavy atom. The van der Waals surface area contributed by atoms with Gasteiger partial charge in [-0.05, 0) is 48.4 Å². The molecule has 0 aliphatic heterocycles. The maximum Gasteiger partial charge on any atom is 0.346 e. The van der Waals surface area contributed by atoms with Gasteiger partial charge >= 0.3 is 10.6 Å². The molecule has 0 atom stereocenters. The lowest BCUT2D eigenvalue weighted by atomic mass is 9.90. The summed E-state index contributed by atoms with van der Waals surface area (Å²) in [5, 5.41) is 0. The highest BCUT2D eigenvalue weighted by Crippen LogP contribution is 2.26. The molecule has 0 fully saturated rings. The second-order valence-electron chi connectivity index (χ2n) is 6.13. The van der Waals surface area contributed by atoms with Crippen LogP contribution in [0.4, 0.5) is 0 Å². The number of hydrogen-bond donors (Lipinski definition) is 0. The minimum atomic E-state index is -0.243. The third kappa shape index (κ3) is 2.65. The summed E-state index contributed by atoms with van der Waals surface area (Å²) in [6, 6.07) is 15.7. The molecule has 2 aromatic carbocycles. The van der Waals surface area contributed by atoms with E-state index >= 15 is 0 Å². The standard InChI is InChI=1S/C19H18N2O2S/c22-18-20(13-14-7-2-1-3-8-14)19(23)24-21(18)17-12-6-10-15-9-4-5-11-16(15)17/h1-3,6-8,10,12H,4-5,9,11,13H2. The molecule has 1 aromatic heterocycles. The van der Waals surface area contributed by atoms with E-state index in [4.69, 9.17) is 0 Å². The lowest BCUT2D eigenvalue weighted by Gasteiger charge is -2.18. The Hall–Kier alpha value is -2.40. The summed E-state index contributed by atoms with van der Waals surface area (Å²) in [5.74, 6) is 0. The summed E-state index contributed by atoms with van der Waals surface area (Å²) in [6.07, 6.45) is 4.36. The number of benzene rings is 2. The minimum absolute atomic E-state index is 0.211. The van der Waals surface area contributed by atoms with Gasteiger partial charge in [-0.25, -0.2) is 13.3 Å². The Bertz CT molecular complexity index is 983. The average Bonchev–Trinajstić information content (AvgIpc) is 2.90. The van der Waals surface area contributed by atoms with Gasteiger partial charge in [0.15, 0.2) is 0 Å². The second kappa shape index (κ2) is 6.24. The first-order valence-electron chi connectivity index (χ1n) is 8.22. The van der Waals surface area contributed by atoms with Crippen molar-refractivity contribution >= 4 is 11.5 Å². The number of fused-ring (bicyclic) bond motifs is 1. The monoisotopic (exact) mass is 338 g/mol. The van der Waals surface area contributed by atoms with Crippen molar-refractivity contribution in [3.05, 3.63) is 85.4 Å². The van der Waals surface area contributed by atoms with Gasteiger partial charge in [-0.3, -0.25) is 4.79 Å². The van der Waals surface area contributed by atoms with Crippen LogP contribution in [0, 0.1) is 0 Å². The molecule has 0 unspecified atom stereocenters. The molecule has 0 N–H and O–H groups in total. The number of aromatic nitrogens is 2. The first kappa shape index (κ1) is 15.1. The van der Waals surface area contributed by atoms with Crippen LogP contribution in [-0.4, -0.2) is 8.52 Å². The maximum absolute atomic E-state index is 12.8. The van der Waals surface area contributed by atoms with Crippen molar-refractivity contribution in [2.75, 3.05) is 0 Å². The summed E-state index contributed by atoms with van der Waals surface area (Å²) in [7, 11) is 0. The van der Waals surface area contributed by atoms with Gasteiger partial charge in [0.25, 0.3) is 0 Å². The SMILES string of the molecule is O=c1sn(-c2cccc3c2CCCC3)c(=O)n1Cc1ccccc1. The second-order valence-corrected chi connectivity index (χ2v) is 7.02. The van der Waals surface area contributed by atoms with Crippen molar-refractivity contribution in [3.63, 3.8) is 0 Å². The highest BCUT2D eigenvalue weighted by atomic mass is 32.1. The predicted octanol–water partition coefficient (Wildman–Crippen LogP) is 2.99. The van der Waals surface area contributed by atoms with Crippen LogP contribution in [0.2, 0.25) is 0 Å². The molecule has 24 heavy (non-hydrogen) atoms. The minimum Gasteiger partial charge on any atom is -0.255 e. The molecular formula is C19H18N2O2S. The van der Waals surface area contributed by atoms with Crippen LogP contribution in [-0.2, 0) is 19.4 Å². The maximum atomic E-state index is 12.8. The van der Waals surface area contributed by atoms with Crippen molar-refractivity contribution in [1.29, 1.82) is 0 Å². The zero-order valence-corrected chi connectivity index (χ0v) is 14.1. The third-order valence-corrected chi connectivity index (χ3v) is 5.48. The fourth-order valence-corrected chi connectivity index (χ4v) is 4.20. The Labute approximate surface area is 143 Å². The largest absolute Gasteiger partial charge is 0.346 e. The van der Waals surface area contributed by atoms with Crippen LogP contribution >= 0.6 is 11.5 Å². The van der Waals surface area contributed by atoms with Crippen molar-refractivity contribution in [1.82, 2.24) is 8.52 Å². The molecule has 122 valence electrons. The normalized spacial score (nSPS) is 13.7. The van der Waals surface area contributed by atoms with E-state index in [9.17, 15) is 9.59 Å². The van der Waals surface area contributed by atoms with E-state index < -0.39 is 0 Å². The third-order valence-electron chi connectivity index (χ3n) is 4.57. The van der Waals surface area contributed by atoms with Crippen LogP contribution in [0.25, 0.3) is 5.69 Å². The predicted molar refractivity (Wildman–Crippen MR) is 96.4 cm³/mol. The summed E-state index contributed by atoms with van der Waals surface area (Å²) in [5.41, 5.74) is 4.12. The Kier molecular flexibility index (Phi) is 3.94. The van der Waals surface area contributed by atoms with Crippen molar-refractivity contribution in [3.8, 4) is 5.69 Å². The van der Waals surface area contributed by atoms with Crippen LogP contribution in [0.15, 0.2) is 58.1 Å². The highest BCUT2D eigenvalue weighted by Gasteiger charge is 2.18. The molecule has 0 radical (unpaired) electrons. The summed E-state index contributed by atoms with van der Waals surface area (Å²) in [4.78, 5) is 25.0. The highest BCUT2D eigenvalue weighted by molar-refractivity contribution is 7.03. The molecule has 0 saturated heterocycles. The number of aryl methyl sites for hydroxylation is 1. The first-order valence-corrected chi connectivity index (χ1v) is 8.99. The summed E-state index contributed by atoms with van der Waals surface area (Å²) in [6.45, 7) is 0.316. The topological polar surface area (TPSA) is 44.0 Å². The molecular weight excluding hydrogens is 320 g/mol. The van der Waals surface area contributed by atoms with Crippen LogP contribution in [0.3, 0.4) is 0 Å². The number of hydrogen-bond acceptors (Lipinski definition) is 3. The van der Waals surface area contributed by atoms with E-state index in [1.807, 2.05) is 42.5 Å². The van der Waals surface area contributed by atoms with E-state index in [1.165, 1.54) is 22.1 Å². The van der Waals surface area contributed by atoms with Crippen LogP contribution in [0.5, 0.6) is 0 Å². The van der Waals surface area contributed by atoms with Gasteiger partial charge < -0.3 is 0 Å². The molecule has 4 nitrogen and oxygen atoms in total. The van der Waals surface area contributed by atoms with E-state index in [-0.39, 0.29) is 10.6 Å². The van der Waals surface area contributed by atoms with Crippen molar-refractivity contribution in [2.45, 2.75) is 32.2 Å². The molecule has 3 aromatic rings. The van der Waals surface area contributed by atoms with Gasteiger partial charge in [0, 0.05) is 11.5 Å². The molecule has 1 heterocycles. The Morgan fingerprint density at radius 3 is 2.54 bits per heavy atom. The first-order chi connectivity index (χ1) is 11.7. The van der Waals surface area contributed by atoms with Gasteiger partial charge in [0.2, 0.25) is 0 Å². The lowest BCUT2D eigenvalue weighted by Crippen LogP contribution is -2.29. The zero-order valence-electron chi connectivity index (χ0n) is 13.3. The summed E-state index contributed by atoms with van der Waals surface area (Å²) < 4.78 is 2.89. The molecule has 0 amide bonds. The van der Waals surface area contributed by atoms with E-state index in [0.717, 1.165) is 42.0 Å². The van der Waals surface area contributed by atoms with Crippen molar-refractivity contribution in [2.24, 2.45) is 0 Å². The molecule has 0 saturated carbocycles. The van der Waals surface area contributed by atoms with Gasteiger partial charge in [-0.2, -0.15) is 0 Å². The van der Waals surface area contributed by atoms with Crippen molar-refractivity contribution < 1.29 is 0 Å². The van der Waals surface area contributed by atoms with E-state index in [1.54, 1.807) is 3.96 Å². The molecule has 0 bridgehead atoms. The quantitative estimate of drug-likeness (QED) is 0.737. The fraction of sp³-hybridized carbons (Fsp3) is 0.263. The molecule has 0 spiro atoms. The zero-order chi connectivity index (χ0) is 16.5. The number of nitrogens with zero attached hydrogens (tertiary/aromatic N) is 2. The van der Waals surface area contributed by atoms with E-state index in [2.05, 4.69) is 6.07 Å². The lowest BCUT2D eigenvalue weighted by molar-refractivity contribution is 0.677. The number of rotatable bonds is 3. The molecule has 5 heteroatoms. The Morgan fingerprint density at radius 1 is 0.917 bits per heavy atom. The smallest absolute Gasteiger partial charge is 0.255 e. The summed E-state index contributed by atoms with van der Waals surface area (Å²) >= 11 is 0.998. The fourth-order valence-electron chi connectivity index (χ4n) is 3.36. The van der Waals surface area contributed by atoms with Gasteiger partial charge in [0.1, 0.15) is 0 Å². The average molecular weight is 338 g/mol. The van der Waals surface area contributed by atoms with Gasteiger partial charge in [-0.15, -0.1) is 0 Å². The Balaban J connectivity index is 1.80. The van der Waals surface area contributed by atoms with Gasteiger partial charge in [-0.1, -0.05) is 42.5 Å². The molecule has 1 aliphatic carbocycles. The molecule has 1 aliphatic rings.